The standard InChI is InChI=1S/C15H19ClN2/c1-11-14(10-18-7-3-2-4-8-18)13-9-12(16)5-6-15(13)17-11/h5-6,9,17H,2-4,7-8,10H2,1H3. The average Bonchev–Trinajstić information content (AvgIpc) is 2.67. The highest BCUT2D eigenvalue weighted by Crippen LogP contribution is 2.27. The molecule has 1 aromatic heterocycles. The van der Waals surface area contributed by atoms with Crippen molar-refractivity contribution in [1.29, 1.82) is 0 Å². The van der Waals surface area contributed by atoms with E-state index in [1.807, 2.05) is 6.07 Å². The number of rotatable bonds is 2. The second kappa shape index (κ2) is 4.94. The SMILES string of the molecule is Cc1[nH]c2ccc(Cl)cc2c1CN1CCCCC1. The molecule has 1 aliphatic rings. The molecule has 0 aliphatic carbocycles. The Morgan fingerprint density at radius 2 is 2.00 bits per heavy atom. The van der Waals surface area contributed by atoms with Gasteiger partial charge >= 0.3 is 0 Å². The highest BCUT2D eigenvalue weighted by atomic mass is 35.5. The molecule has 2 nitrogen and oxygen atoms in total. The smallest absolute Gasteiger partial charge is 0.0460 e. The number of hydrogen-bond acceptors (Lipinski definition) is 1. The molecule has 0 atom stereocenters. The zero-order valence-electron chi connectivity index (χ0n) is 10.8. The normalized spacial score (nSPS) is 17.4. The minimum atomic E-state index is 0.821. The summed E-state index contributed by atoms with van der Waals surface area (Å²) in [7, 11) is 0. The molecule has 0 bridgehead atoms. The molecule has 1 aliphatic heterocycles. The van der Waals surface area contributed by atoms with Crippen molar-refractivity contribution in [3.63, 3.8) is 0 Å². The van der Waals surface area contributed by atoms with Crippen LogP contribution in [-0.2, 0) is 6.54 Å². The molecule has 1 saturated heterocycles. The molecule has 96 valence electrons. The fourth-order valence-corrected chi connectivity index (χ4v) is 3.07. The fourth-order valence-electron chi connectivity index (χ4n) is 2.90. The summed E-state index contributed by atoms with van der Waals surface area (Å²) in [6.07, 6.45) is 4.06. The molecule has 0 unspecified atom stereocenters. The number of hydrogen-bond donors (Lipinski definition) is 1. The molecule has 0 radical (unpaired) electrons. The minimum absolute atomic E-state index is 0.821. The maximum Gasteiger partial charge on any atom is 0.0460 e. The summed E-state index contributed by atoms with van der Waals surface area (Å²) < 4.78 is 0. The summed E-state index contributed by atoms with van der Waals surface area (Å²) >= 11 is 6.12. The first kappa shape index (κ1) is 12.1. The van der Waals surface area contributed by atoms with E-state index in [1.54, 1.807) is 0 Å². The van der Waals surface area contributed by atoms with Gasteiger partial charge in [-0.05, 0) is 56.6 Å². The second-order valence-electron chi connectivity index (χ2n) is 5.26. The van der Waals surface area contributed by atoms with Gasteiger partial charge in [0.15, 0.2) is 0 Å². The lowest BCUT2D eigenvalue weighted by Gasteiger charge is -2.26. The Labute approximate surface area is 113 Å². The molecule has 0 saturated carbocycles. The van der Waals surface area contributed by atoms with E-state index in [0.29, 0.717) is 0 Å². The van der Waals surface area contributed by atoms with Crippen LogP contribution in [0.15, 0.2) is 18.2 Å². The van der Waals surface area contributed by atoms with Gasteiger partial charge in [-0.2, -0.15) is 0 Å². The monoisotopic (exact) mass is 262 g/mol. The Kier molecular flexibility index (Phi) is 3.31. The van der Waals surface area contributed by atoms with E-state index < -0.39 is 0 Å². The van der Waals surface area contributed by atoms with Gasteiger partial charge in [-0.3, -0.25) is 4.90 Å². The van der Waals surface area contributed by atoms with Crippen molar-refractivity contribution >= 4 is 22.5 Å². The molecule has 3 heteroatoms. The van der Waals surface area contributed by atoms with Gasteiger partial charge in [-0.15, -0.1) is 0 Å². The topological polar surface area (TPSA) is 19.0 Å². The molecule has 0 amide bonds. The number of aromatic nitrogens is 1. The molecule has 0 spiro atoms. The summed E-state index contributed by atoms with van der Waals surface area (Å²) in [5, 5.41) is 2.10. The van der Waals surface area contributed by atoms with Crippen molar-refractivity contribution in [2.45, 2.75) is 32.7 Å². The Morgan fingerprint density at radius 3 is 2.78 bits per heavy atom. The zero-order valence-corrected chi connectivity index (χ0v) is 11.6. The first-order valence-electron chi connectivity index (χ1n) is 6.73. The maximum absolute atomic E-state index is 6.12. The quantitative estimate of drug-likeness (QED) is 0.863. The van der Waals surface area contributed by atoms with Crippen LogP contribution >= 0.6 is 11.6 Å². The van der Waals surface area contributed by atoms with E-state index in [2.05, 4.69) is 28.9 Å². The highest BCUT2D eigenvalue weighted by Gasteiger charge is 2.15. The summed E-state index contributed by atoms with van der Waals surface area (Å²) in [6.45, 7) is 5.67. The Hall–Kier alpha value is -0.990. The molecule has 18 heavy (non-hydrogen) atoms. The predicted octanol–water partition coefficient (Wildman–Crippen LogP) is 4.12. The third-order valence-corrected chi connectivity index (χ3v) is 4.15. The number of nitrogens with zero attached hydrogens (tertiary/aromatic N) is 1. The fraction of sp³-hybridized carbons (Fsp3) is 0.467. The first-order chi connectivity index (χ1) is 8.74. The average molecular weight is 263 g/mol. The Bertz CT molecular complexity index is 553. The van der Waals surface area contributed by atoms with E-state index in [0.717, 1.165) is 11.6 Å². The van der Waals surface area contributed by atoms with Crippen molar-refractivity contribution in [3.05, 3.63) is 34.5 Å². The number of aromatic amines is 1. The zero-order chi connectivity index (χ0) is 12.5. The first-order valence-corrected chi connectivity index (χ1v) is 7.11. The number of piperidine rings is 1. The number of benzene rings is 1. The lowest BCUT2D eigenvalue weighted by molar-refractivity contribution is 0.221. The van der Waals surface area contributed by atoms with E-state index in [-0.39, 0.29) is 0 Å². The molecule has 1 N–H and O–H groups in total. The number of nitrogens with one attached hydrogen (secondary N) is 1. The van der Waals surface area contributed by atoms with Gasteiger partial charge in [-0.1, -0.05) is 18.0 Å². The maximum atomic E-state index is 6.12. The molecule has 1 fully saturated rings. The van der Waals surface area contributed by atoms with Gasteiger partial charge in [0, 0.05) is 28.2 Å². The number of aryl methyl sites for hydroxylation is 1. The number of likely N-dealkylation sites (tertiary alicyclic amines) is 1. The minimum Gasteiger partial charge on any atom is -0.358 e. The third-order valence-electron chi connectivity index (χ3n) is 3.91. The van der Waals surface area contributed by atoms with E-state index in [4.69, 9.17) is 11.6 Å². The Balaban J connectivity index is 1.94. The number of halogens is 1. The van der Waals surface area contributed by atoms with E-state index in [1.165, 1.54) is 54.5 Å². The van der Waals surface area contributed by atoms with Crippen LogP contribution in [0.2, 0.25) is 5.02 Å². The van der Waals surface area contributed by atoms with Gasteiger partial charge in [-0.25, -0.2) is 0 Å². The van der Waals surface area contributed by atoms with Crippen LogP contribution in [0.5, 0.6) is 0 Å². The van der Waals surface area contributed by atoms with E-state index >= 15 is 0 Å². The van der Waals surface area contributed by atoms with Crippen LogP contribution in [0.3, 0.4) is 0 Å². The van der Waals surface area contributed by atoms with Crippen molar-refractivity contribution in [2.75, 3.05) is 13.1 Å². The lowest BCUT2D eigenvalue weighted by Crippen LogP contribution is -2.29. The van der Waals surface area contributed by atoms with Crippen LogP contribution < -0.4 is 0 Å². The van der Waals surface area contributed by atoms with Crippen molar-refractivity contribution in [1.82, 2.24) is 9.88 Å². The van der Waals surface area contributed by atoms with Gasteiger partial charge in [0.25, 0.3) is 0 Å². The van der Waals surface area contributed by atoms with E-state index in [9.17, 15) is 0 Å². The second-order valence-corrected chi connectivity index (χ2v) is 5.69. The summed E-state index contributed by atoms with van der Waals surface area (Å²) in [4.78, 5) is 6.01. The Morgan fingerprint density at radius 1 is 1.22 bits per heavy atom. The molecular weight excluding hydrogens is 244 g/mol. The van der Waals surface area contributed by atoms with Crippen LogP contribution in [0, 0.1) is 6.92 Å². The van der Waals surface area contributed by atoms with Crippen molar-refractivity contribution in [3.8, 4) is 0 Å². The molecule has 2 heterocycles. The number of H-pyrrole nitrogens is 1. The third kappa shape index (κ3) is 2.27. The molecule has 3 rings (SSSR count). The molecular formula is C15H19ClN2. The van der Waals surface area contributed by atoms with Crippen LogP contribution in [0.25, 0.3) is 10.9 Å². The highest BCUT2D eigenvalue weighted by molar-refractivity contribution is 6.31. The molecule has 2 aromatic rings. The molecule has 1 aromatic carbocycles. The van der Waals surface area contributed by atoms with Crippen LogP contribution in [0.4, 0.5) is 0 Å². The number of fused-ring (bicyclic) bond motifs is 1. The summed E-state index contributed by atoms with van der Waals surface area (Å²) in [6, 6.07) is 6.11. The van der Waals surface area contributed by atoms with Crippen LogP contribution in [0.1, 0.15) is 30.5 Å². The van der Waals surface area contributed by atoms with Gasteiger partial charge in [0.05, 0.1) is 0 Å². The van der Waals surface area contributed by atoms with Crippen molar-refractivity contribution in [2.24, 2.45) is 0 Å². The van der Waals surface area contributed by atoms with Crippen LogP contribution in [-0.4, -0.2) is 23.0 Å². The van der Waals surface area contributed by atoms with Crippen molar-refractivity contribution < 1.29 is 0 Å². The largest absolute Gasteiger partial charge is 0.358 e. The van der Waals surface area contributed by atoms with Gasteiger partial charge in [0.2, 0.25) is 0 Å². The summed E-state index contributed by atoms with van der Waals surface area (Å²) in [5.74, 6) is 0. The summed E-state index contributed by atoms with van der Waals surface area (Å²) in [5.41, 5.74) is 3.89. The predicted molar refractivity (Wildman–Crippen MR) is 77.2 cm³/mol. The lowest BCUT2D eigenvalue weighted by atomic mass is 10.1. The van der Waals surface area contributed by atoms with Gasteiger partial charge in [0.1, 0.15) is 0 Å². The van der Waals surface area contributed by atoms with Gasteiger partial charge < -0.3 is 4.98 Å².